The molecule has 3 rings (SSSR count). The van der Waals surface area contributed by atoms with Crippen LogP contribution in [0.1, 0.15) is 39.5 Å². The van der Waals surface area contributed by atoms with Crippen molar-refractivity contribution in [2.75, 3.05) is 12.8 Å². The van der Waals surface area contributed by atoms with Crippen LogP contribution in [0.5, 0.6) is 0 Å². The maximum absolute atomic E-state index is 12.5. The van der Waals surface area contributed by atoms with E-state index in [0.29, 0.717) is 18.5 Å². The molecule has 2 N–H and O–H groups in total. The molecule has 1 atom stereocenters. The van der Waals surface area contributed by atoms with Crippen molar-refractivity contribution in [2.45, 2.75) is 25.3 Å². The molecular formula is C19H22N2O3S. The minimum absolute atomic E-state index is 0.0716. The fourth-order valence-electron chi connectivity index (χ4n) is 3.15. The molecule has 6 heteroatoms. The largest absolute Gasteiger partial charge is 0.345 e. The number of nitrogens with one attached hydrogen (secondary N) is 2. The number of carbonyl (C=O) groups excluding carboxylic acids is 1. The molecule has 0 heterocycles. The van der Waals surface area contributed by atoms with Crippen molar-refractivity contribution in [3.8, 4) is 0 Å². The third-order valence-corrected chi connectivity index (χ3v) is 5.16. The fraction of sp³-hybridized carbons (Fsp3) is 0.316. The van der Waals surface area contributed by atoms with E-state index in [1.54, 1.807) is 12.1 Å². The Morgan fingerprint density at radius 3 is 2.56 bits per heavy atom. The highest BCUT2D eigenvalue weighted by Gasteiger charge is 2.23. The SMILES string of the molecule is CS(=O)(=O)NCCc1ccc(C(=O)N[C@H]2CCc3ccccc32)cc1. The average Bonchev–Trinajstić information content (AvgIpc) is 2.97. The van der Waals surface area contributed by atoms with Gasteiger partial charge in [-0.25, -0.2) is 13.1 Å². The average molecular weight is 358 g/mol. The summed E-state index contributed by atoms with van der Waals surface area (Å²) in [5.74, 6) is -0.0810. The number of fused-ring (bicyclic) bond motifs is 1. The molecule has 0 bridgehead atoms. The van der Waals surface area contributed by atoms with Crippen LogP contribution in [0.15, 0.2) is 48.5 Å². The molecule has 2 aromatic carbocycles. The van der Waals surface area contributed by atoms with E-state index in [2.05, 4.69) is 22.2 Å². The van der Waals surface area contributed by atoms with Crippen molar-refractivity contribution >= 4 is 15.9 Å². The topological polar surface area (TPSA) is 75.3 Å². The van der Waals surface area contributed by atoms with Gasteiger partial charge in [-0.05, 0) is 48.1 Å². The molecule has 0 fully saturated rings. The quantitative estimate of drug-likeness (QED) is 0.831. The molecule has 1 aliphatic carbocycles. The number of rotatable bonds is 6. The maximum atomic E-state index is 12.5. The lowest BCUT2D eigenvalue weighted by Crippen LogP contribution is -2.27. The summed E-state index contributed by atoms with van der Waals surface area (Å²) in [6.45, 7) is 0.350. The summed E-state index contributed by atoms with van der Waals surface area (Å²) in [6.07, 6.45) is 3.65. The summed E-state index contributed by atoms with van der Waals surface area (Å²) in [5, 5.41) is 3.10. The van der Waals surface area contributed by atoms with Gasteiger partial charge in [0.15, 0.2) is 0 Å². The standard InChI is InChI=1S/C19H22N2O3S/c1-25(23,24)20-13-12-14-6-8-16(9-7-14)19(22)21-18-11-10-15-4-2-3-5-17(15)18/h2-9,18,20H,10-13H2,1H3,(H,21,22)/t18-/m0/s1. The van der Waals surface area contributed by atoms with Gasteiger partial charge < -0.3 is 5.32 Å². The first-order valence-electron chi connectivity index (χ1n) is 8.34. The van der Waals surface area contributed by atoms with Gasteiger partial charge >= 0.3 is 0 Å². The molecule has 0 aromatic heterocycles. The zero-order valence-electron chi connectivity index (χ0n) is 14.2. The lowest BCUT2D eigenvalue weighted by atomic mass is 10.1. The van der Waals surface area contributed by atoms with Crippen molar-refractivity contribution in [3.63, 3.8) is 0 Å². The third kappa shape index (κ3) is 4.67. The van der Waals surface area contributed by atoms with Gasteiger partial charge in [-0.15, -0.1) is 0 Å². The predicted molar refractivity (Wildman–Crippen MR) is 98.0 cm³/mol. The van der Waals surface area contributed by atoms with Gasteiger partial charge in [0, 0.05) is 12.1 Å². The van der Waals surface area contributed by atoms with Gasteiger partial charge in [0.25, 0.3) is 5.91 Å². The molecule has 1 aliphatic rings. The van der Waals surface area contributed by atoms with Crippen LogP contribution in [0, 0.1) is 0 Å². The van der Waals surface area contributed by atoms with Crippen LogP contribution in [-0.4, -0.2) is 27.1 Å². The fourth-order valence-corrected chi connectivity index (χ4v) is 3.63. The zero-order valence-corrected chi connectivity index (χ0v) is 15.0. The van der Waals surface area contributed by atoms with E-state index in [-0.39, 0.29) is 11.9 Å². The van der Waals surface area contributed by atoms with Crippen LogP contribution in [0.4, 0.5) is 0 Å². The van der Waals surface area contributed by atoms with E-state index >= 15 is 0 Å². The molecule has 25 heavy (non-hydrogen) atoms. The van der Waals surface area contributed by atoms with Crippen molar-refractivity contribution in [2.24, 2.45) is 0 Å². The lowest BCUT2D eigenvalue weighted by Gasteiger charge is -2.14. The summed E-state index contributed by atoms with van der Waals surface area (Å²) < 4.78 is 24.6. The highest BCUT2D eigenvalue weighted by molar-refractivity contribution is 7.88. The van der Waals surface area contributed by atoms with Crippen molar-refractivity contribution in [3.05, 3.63) is 70.8 Å². The van der Waals surface area contributed by atoms with Crippen molar-refractivity contribution in [1.82, 2.24) is 10.0 Å². The first-order chi connectivity index (χ1) is 11.9. The van der Waals surface area contributed by atoms with Crippen LogP contribution in [0.25, 0.3) is 0 Å². The van der Waals surface area contributed by atoms with E-state index in [9.17, 15) is 13.2 Å². The first kappa shape index (κ1) is 17.6. The number of amides is 1. The van der Waals surface area contributed by atoms with Gasteiger partial charge in [0.05, 0.1) is 12.3 Å². The van der Waals surface area contributed by atoms with E-state index < -0.39 is 10.0 Å². The van der Waals surface area contributed by atoms with Gasteiger partial charge in [-0.1, -0.05) is 36.4 Å². The van der Waals surface area contributed by atoms with Crippen LogP contribution in [0.2, 0.25) is 0 Å². The Morgan fingerprint density at radius 2 is 1.84 bits per heavy atom. The number of hydrogen-bond acceptors (Lipinski definition) is 3. The van der Waals surface area contributed by atoms with Gasteiger partial charge in [0.1, 0.15) is 0 Å². The Kier molecular flexibility index (Phi) is 5.20. The van der Waals surface area contributed by atoms with Crippen molar-refractivity contribution < 1.29 is 13.2 Å². The number of sulfonamides is 1. The van der Waals surface area contributed by atoms with Crippen LogP contribution >= 0.6 is 0 Å². The molecule has 132 valence electrons. The van der Waals surface area contributed by atoms with E-state index in [1.165, 1.54) is 11.1 Å². The first-order valence-corrected chi connectivity index (χ1v) is 10.2. The molecule has 0 spiro atoms. The van der Waals surface area contributed by atoms with Gasteiger partial charge in [-0.3, -0.25) is 4.79 Å². The molecule has 0 radical (unpaired) electrons. The normalized spacial score (nSPS) is 16.4. The summed E-state index contributed by atoms with van der Waals surface area (Å²) in [5.41, 5.74) is 4.11. The number of carbonyl (C=O) groups is 1. The second-order valence-electron chi connectivity index (χ2n) is 6.38. The Morgan fingerprint density at radius 1 is 1.12 bits per heavy atom. The highest BCUT2D eigenvalue weighted by atomic mass is 32.2. The molecule has 0 saturated carbocycles. The Labute approximate surface area is 148 Å². The Balaban J connectivity index is 1.58. The zero-order chi connectivity index (χ0) is 17.9. The second-order valence-corrected chi connectivity index (χ2v) is 8.21. The summed E-state index contributed by atoms with van der Waals surface area (Å²) >= 11 is 0. The molecular weight excluding hydrogens is 336 g/mol. The Hall–Kier alpha value is -2.18. The van der Waals surface area contributed by atoms with Gasteiger partial charge in [-0.2, -0.15) is 0 Å². The molecule has 0 saturated heterocycles. The van der Waals surface area contributed by atoms with Crippen LogP contribution in [-0.2, 0) is 22.9 Å². The number of aryl methyl sites for hydroxylation is 1. The molecule has 5 nitrogen and oxygen atoms in total. The molecule has 0 unspecified atom stereocenters. The van der Waals surface area contributed by atoms with Crippen LogP contribution < -0.4 is 10.0 Å². The summed E-state index contributed by atoms with van der Waals surface area (Å²) in [4.78, 5) is 12.5. The molecule has 2 aromatic rings. The molecule has 0 aliphatic heterocycles. The van der Waals surface area contributed by atoms with E-state index in [1.807, 2.05) is 24.3 Å². The predicted octanol–water partition coefficient (Wildman–Crippen LogP) is 2.20. The number of benzene rings is 2. The van der Waals surface area contributed by atoms with Gasteiger partial charge in [0.2, 0.25) is 10.0 Å². The summed E-state index contributed by atoms with van der Waals surface area (Å²) in [6, 6.07) is 15.6. The third-order valence-electron chi connectivity index (χ3n) is 4.43. The second kappa shape index (κ2) is 7.37. The smallest absolute Gasteiger partial charge is 0.251 e. The minimum atomic E-state index is -3.17. The highest BCUT2D eigenvalue weighted by Crippen LogP contribution is 2.30. The monoisotopic (exact) mass is 358 g/mol. The van der Waals surface area contributed by atoms with E-state index in [0.717, 1.165) is 24.7 Å². The lowest BCUT2D eigenvalue weighted by molar-refractivity contribution is 0.0936. The van der Waals surface area contributed by atoms with Crippen LogP contribution in [0.3, 0.4) is 0 Å². The summed E-state index contributed by atoms with van der Waals surface area (Å²) in [7, 11) is -3.17. The van der Waals surface area contributed by atoms with E-state index in [4.69, 9.17) is 0 Å². The van der Waals surface area contributed by atoms with Crippen molar-refractivity contribution in [1.29, 1.82) is 0 Å². The number of hydrogen-bond donors (Lipinski definition) is 2. The maximum Gasteiger partial charge on any atom is 0.251 e. The Bertz CT molecular complexity index is 860. The minimum Gasteiger partial charge on any atom is -0.345 e. The molecule has 1 amide bonds.